The fourth-order valence-electron chi connectivity index (χ4n) is 1.27. The van der Waals surface area contributed by atoms with Gasteiger partial charge in [-0.3, -0.25) is 15.1 Å². The van der Waals surface area contributed by atoms with Crippen molar-refractivity contribution >= 4 is 11.5 Å². The van der Waals surface area contributed by atoms with Crippen LogP contribution in [0.25, 0.3) is 0 Å². The number of aromatic nitrogens is 2. The second kappa shape index (κ2) is 5.06. The Balaban J connectivity index is 2.31. The van der Waals surface area contributed by atoms with Crippen molar-refractivity contribution < 1.29 is 9.66 Å². The van der Waals surface area contributed by atoms with E-state index in [2.05, 4.69) is 15.4 Å². The number of nitrogens with one attached hydrogen (secondary N) is 1. The highest BCUT2D eigenvalue weighted by molar-refractivity contribution is 5.47. The average molecular weight is 247 g/mol. The highest BCUT2D eigenvalue weighted by Gasteiger charge is 2.15. The van der Waals surface area contributed by atoms with Crippen LogP contribution >= 0.6 is 0 Å². The fraction of sp³-hybridized carbons (Fsp3) is 0. The molecule has 3 N–H and O–H groups in total. The van der Waals surface area contributed by atoms with Crippen molar-refractivity contribution in [1.29, 1.82) is 0 Å². The third-order valence-corrected chi connectivity index (χ3v) is 2.04. The third-order valence-electron chi connectivity index (χ3n) is 2.04. The van der Waals surface area contributed by atoms with Crippen LogP contribution in [0.3, 0.4) is 0 Å². The number of hydrogen-bond acceptors (Lipinski definition) is 7. The SMILES string of the molecule is NNc1cncc(Oc2ccccc2[N+](=O)[O-])n1. The zero-order chi connectivity index (χ0) is 13.0. The molecule has 2 aromatic rings. The summed E-state index contributed by atoms with van der Waals surface area (Å²) in [6, 6.07) is 5.99. The maximum absolute atomic E-state index is 10.8. The molecule has 0 amide bonds. The van der Waals surface area contributed by atoms with E-state index in [1.165, 1.54) is 24.5 Å². The van der Waals surface area contributed by atoms with Gasteiger partial charge in [-0.1, -0.05) is 12.1 Å². The molecule has 1 aromatic heterocycles. The lowest BCUT2D eigenvalue weighted by Crippen LogP contribution is -2.09. The van der Waals surface area contributed by atoms with Crippen molar-refractivity contribution in [3.8, 4) is 11.6 Å². The van der Waals surface area contributed by atoms with Gasteiger partial charge in [-0.2, -0.15) is 4.98 Å². The smallest absolute Gasteiger partial charge is 0.311 e. The summed E-state index contributed by atoms with van der Waals surface area (Å²) in [6.07, 6.45) is 2.73. The second-order valence-electron chi connectivity index (χ2n) is 3.21. The molecule has 2 rings (SSSR count). The Hall–Kier alpha value is -2.74. The van der Waals surface area contributed by atoms with Gasteiger partial charge in [0.15, 0.2) is 5.82 Å². The monoisotopic (exact) mass is 247 g/mol. The van der Waals surface area contributed by atoms with Crippen molar-refractivity contribution in [2.75, 3.05) is 5.43 Å². The zero-order valence-corrected chi connectivity index (χ0v) is 9.11. The standard InChI is InChI=1S/C10H9N5O3/c11-14-9-5-12-6-10(13-9)18-8-4-2-1-3-7(8)15(16)17/h1-6H,11H2,(H,13,14). The fourth-order valence-corrected chi connectivity index (χ4v) is 1.27. The van der Waals surface area contributed by atoms with E-state index in [4.69, 9.17) is 10.6 Å². The van der Waals surface area contributed by atoms with Crippen LogP contribution in [-0.4, -0.2) is 14.9 Å². The number of nitrogens with zero attached hydrogens (tertiary/aromatic N) is 3. The number of nitrogens with two attached hydrogens (primary N) is 1. The molecular formula is C10H9N5O3. The Morgan fingerprint density at radius 2 is 2.11 bits per heavy atom. The maximum atomic E-state index is 10.8. The van der Waals surface area contributed by atoms with Crippen LogP contribution in [-0.2, 0) is 0 Å². The first-order chi connectivity index (χ1) is 8.70. The van der Waals surface area contributed by atoms with Crippen LogP contribution < -0.4 is 16.0 Å². The van der Waals surface area contributed by atoms with Gasteiger partial charge in [0.1, 0.15) is 0 Å². The van der Waals surface area contributed by atoms with Crippen molar-refractivity contribution in [3.05, 3.63) is 46.8 Å². The van der Waals surface area contributed by atoms with Crippen LogP contribution in [0.5, 0.6) is 11.6 Å². The van der Waals surface area contributed by atoms with Gasteiger partial charge < -0.3 is 10.2 Å². The second-order valence-corrected chi connectivity index (χ2v) is 3.21. The number of nitrogen functional groups attached to an aromatic ring is 1. The molecule has 1 aromatic carbocycles. The van der Waals surface area contributed by atoms with Gasteiger partial charge in [0.05, 0.1) is 17.3 Å². The molecule has 0 fully saturated rings. The molecule has 0 aliphatic carbocycles. The predicted octanol–water partition coefficient (Wildman–Crippen LogP) is 1.46. The number of anilines is 1. The number of nitro benzene ring substituents is 1. The minimum atomic E-state index is -0.534. The van der Waals surface area contributed by atoms with Gasteiger partial charge in [-0.25, -0.2) is 5.84 Å². The molecular weight excluding hydrogens is 238 g/mol. The lowest BCUT2D eigenvalue weighted by Gasteiger charge is -2.05. The van der Waals surface area contributed by atoms with Gasteiger partial charge in [0, 0.05) is 6.07 Å². The number of para-hydroxylation sites is 2. The van der Waals surface area contributed by atoms with E-state index in [9.17, 15) is 10.1 Å². The van der Waals surface area contributed by atoms with Gasteiger partial charge in [-0.15, -0.1) is 0 Å². The highest BCUT2D eigenvalue weighted by atomic mass is 16.6. The van der Waals surface area contributed by atoms with Crippen molar-refractivity contribution in [2.45, 2.75) is 0 Å². The van der Waals surface area contributed by atoms with Crippen LogP contribution in [0.2, 0.25) is 0 Å². The van der Waals surface area contributed by atoms with E-state index in [-0.39, 0.29) is 17.3 Å². The van der Waals surface area contributed by atoms with E-state index in [0.29, 0.717) is 5.82 Å². The lowest BCUT2D eigenvalue weighted by atomic mass is 10.3. The normalized spacial score (nSPS) is 9.83. The van der Waals surface area contributed by atoms with E-state index in [1.54, 1.807) is 12.1 Å². The Kier molecular flexibility index (Phi) is 3.30. The van der Waals surface area contributed by atoms with Crippen LogP contribution in [0.4, 0.5) is 11.5 Å². The van der Waals surface area contributed by atoms with Gasteiger partial charge in [0.25, 0.3) is 0 Å². The van der Waals surface area contributed by atoms with Gasteiger partial charge >= 0.3 is 5.69 Å². The topological polar surface area (TPSA) is 116 Å². The van der Waals surface area contributed by atoms with E-state index in [0.717, 1.165) is 0 Å². The molecule has 0 aliphatic heterocycles. The maximum Gasteiger partial charge on any atom is 0.311 e. The first-order valence-electron chi connectivity index (χ1n) is 4.90. The third kappa shape index (κ3) is 2.50. The highest BCUT2D eigenvalue weighted by Crippen LogP contribution is 2.29. The van der Waals surface area contributed by atoms with Crippen molar-refractivity contribution in [3.63, 3.8) is 0 Å². The minimum Gasteiger partial charge on any atom is -0.430 e. The summed E-state index contributed by atoms with van der Waals surface area (Å²) in [5.41, 5.74) is 2.16. The Morgan fingerprint density at radius 1 is 1.33 bits per heavy atom. The Labute approximate surface area is 102 Å². The average Bonchev–Trinajstić information content (AvgIpc) is 2.39. The molecule has 18 heavy (non-hydrogen) atoms. The van der Waals surface area contributed by atoms with E-state index >= 15 is 0 Å². The summed E-state index contributed by atoms with van der Waals surface area (Å²) in [5, 5.41) is 10.8. The molecule has 0 bridgehead atoms. The van der Waals surface area contributed by atoms with Crippen LogP contribution in [0, 0.1) is 10.1 Å². The Bertz CT molecular complexity index is 575. The molecule has 0 saturated carbocycles. The minimum absolute atomic E-state index is 0.0889. The summed E-state index contributed by atoms with van der Waals surface area (Å²) in [4.78, 5) is 18.0. The van der Waals surface area contributed by atoms with Crippen molar-refractivity contribution in [2.24, 2.45) is 5.84 Å². The number of ether oxygens (including phenoxy) is 1. The molecule has 0 saturated heterocycles. The summed E-state index contributed by atoms with van der Waals surface area (Å²) in [5.74, 6) is 5.67. The first-order valence-corrected chi connectivity index (χ1v) is 4.90. The molecule has 0 unspecified atom stereocenters. The number of hydrogen-bond donors (Lipinski definition) is 2. The van der Waals surface area contributed by atoms with Crippen LogP contribution in [0.15, 0.2) is 36.7 Å². The summed E-state index contributed by atoms with van der Waals surface area (Å²) in [7, 11) is 0. The molecule has 0 radical (unpaired) electrons. The molecule has 8 heteroatoms. The van der Waals surface area contributed by atoms with Crippen LogP contribution in [0.1, 0.15) is 0 Å². The molecule has 92 valence electrons. The number of nitro groups is 1. The van der Waals surface area contributed by atoms with Gasteiger partial charge in [0.2, 0.25) is 11.6 Å². The number of rotatable bonds is 4. The van der Waals surface area contributed by atoms with E-state index < -0.39 is 4.92 Å². The molecule has 0 aliphatic rings. The van der Waals surface area contributed by atoms with Gasteiger partial charge in [-0.05, 0) is 6.07 Å². The lowest BCUT2D eigenvalue weighted by molar-refractivity contribution is -0.385. The Morgan fingerprint density at radius 3 is 2.83 bits per heavy atom. The summed E-state index contributed by atoms with van der Waals surface area (Å²) >= 11 is 0. The zero-order valence-electron chi connectivity index (χ0n) is 9.11. The summed E-state index contributed by atoms with van der Waals surface area (Å²) < 4.78 is 5.30. The molecule has 0 spiro atoms. The molecule has 1 heterocycles. The largest absolute Gasteiger partial charge is 0.430 e. The molecule has 0 atom stereocenters. The quantitative estimate of drug-likeness (QED) is 0.477. The predicted molar refractivity (Wildman–Crippen MR) is 63.0 cm³/mol. The first kappa shape index (κ1) is 11.7. The summed E-state index contributed by atoms with van der Waals surface area (Å²) in [6.45, 7) is 0. The molecule has 8 nitrogen and oxygen atoms in total. The van der Waals surface area contributed by atoms with E-state index in [1.807, 2.05) is 0 Å². The number of hydrazine groups is 1. The number of benzene rings is 1. The van der Waals surface area contributed by atoms with Crippen molar-refractivity contribution in [1.82, 2.24) is 9.97 Å².